The van der Waals surface area contributed by atoms with Crippen molar-refractivity contribution < 1.29 is 24.2 Å². The Labute approximate surface area is 121 Å². The number of para-hydroxylation sites is 2. The average molecular weight is 295 g/mol. The van der Waals surface area contributed by atoms with Gasteiger partial charge in [-0.2, -0.15) is 0 Å². The van der Waals surface area contributed by atoms with Gasteiger partial charge in [-0.05, 0) is 19.1 Å². The first kappa shape index (κ1) is 16.3. The number of primary amides is 1. The first-order valence-electron chi connectivity index (χ1n) is 6.24. The van der Waals surface area contributed by atoms with Crippen LogP contribution < -0.4 is 21.1 Å². The minimum absolute atomic E-state index is 0.389. The van der Waals surface area contributed by atoms with Crippen molar-refractivity contribution in [2.45, 2.75) is 19.4 Å². The molecule has 114 valence electrons. The molecule has 1 aromatic rings. The molecule has 0 aliphatic heterocycles. The Hall–Kier alpha value is -2.77. The van der Waals surface area contributed by atoms with E-state index in [0.717, 1.165) is 0 Å². The summed E-state index contributed by atoms with van der Waals surface area (Å²) in [5.74, 6) is -1.71. The van der Waals surface area contributed by atoms with Crippen LogP contribution in [0.5, 0.6) is 5.75 Å². The Bertz CT molecular complexity index is 532. The maximum atomic E-state index is 11.8. The van der Waals surface area contributed by atoms with E-state index in [1.54, 1.807) is 31.2 Å². The number of nitrogens with one attached hydrogen (secondary N) is 2. The van der Waals surface area contributed by atoms with Crippen LogP contribution in [-0.4, -0.2) is 35.7 Å². The number of hydrogen-bond donors (Lipinski definition) is 4. The molecule has 21 heavy (non-hydrogen) atoms. The summed E-state index contributed by atoms with van der Waals surface area (Å²) in [6.07, 6.45) is -0.490. The van der Waals surface area contributed by atoms with Crippen LogP contribution in [0.15, 0.2) is 24.3 Å². The molecule has 0 aliphatic carbocycles. The number of ether oxygens (including phenoxy) is 1. The van der Waals surface area contributed by atoms with Gasteiger partial charge >= 0.3 is 12.0 Å². The number of aliphatic carboxylic acids is 1. The van der Waals surface area contributed by atoms with Crippen LogP contribution in [0, 0.1) is 0 Å². The predicted molar refractivity (Wildman–Crippen MR) is 75.0 cm³/mol. The Morgan fingerprint density at radius 1 is 1.33 bits per heavy atom. The summed E-state index contributed by atoms with van der Waals surface area (Å²) in [5.41, 5.74) is 5.32. The zero-order valence-electron chi connectivity index (χ0n) is 11.5. The topological polar surface area (TPSA) is 131 Å². The molecule has 0 saturated heterocycles. The molecule has 8 heteroatoms. The minimum Gasteiger partial charge on any atom is -0.492 e. The lowest BCUT2D eigenvalue weighted by molar-refractivity contribution is -0.140. The molecule has 1 rings (SSSR count). The van der Waals surface area contributed by atoms with E-state index in [2.05, 4.69) is 10.6 Å². The second-order valence-electron chi connectivity index (χ2n) is 4.09. The van der Waals surface area contributed by atoms with Crippen LogP contribution in [0.25, 0.3) is 0 Å². The maximum Gasteiger partial charge on any atom is 0.326 e. The van der Waals surface area contributed by atoms with Gasteiger partial charge in [-0.25, -0.2) is 9.59 Å². The number of carbonyl (C=O) groups is 3. The van der Waals surface area contributed by atoms with Gasteiger partial charge in [-0.1, -0.05) is 12.1 Å². The van der Waals surface area contributed by atoms with Crippen LogP contribution in [-0.2, 0) is 9.59 Å². The molecule has 0 spiro atoms. The highest BCUT2D eigenvalue weighted by molar-refractivity contribution is 5.94. The molecule has 8 nitrogen and oxygen atoms in total. The fourth-order valence-electron chi connectivity index (χ4n) is 1.57. The number of amides is 3. The molecule has 0 fully saturated rings. The largest absolute Gasteiger partial charge is 0.492 e. The van der Waals surface area contributed by atoms with Gasteiger partial charge in [-0.15, -0.1) is 0 Å². The third-order valence-corrected chi connectivity index (χ3v) is 2.44. The van der Waals surface area contributed by atoms with Crippen molar-refractivity contribution in [3.05, 3.63) is 24.3 Å². The lowest BCUT2D eigenvalue weighted by Crippen LogP contribution is -2.45. The highest BCUT2D eigenvalue weighted by Gasteiger charge is 2.22. The van der Waals surface area contributed by atoms with Crippen LogP contribution in [0.4, 0.5) is 10.5 Å². The van der Waals surface area contributed by atoms with E-state index in [0.29, 0.717) is 18.0 Å². The molecule has 0 aromatic heterocycles. The van der Waals surface area contributed by atoms with Crippen molar-refractivity contribution >= 4 is 23.6 Å². The molecule has 1 atom stereocenters. The molecule has 0 heterocycles. The van der Waals surface area contributed by atoms with E-state index in [-0.39, 0.29) is 0 Å². The number of rotatable bonds is 7. The zero-order chi connectivity index (χ0) is 15.8. The van der Waals surface area contributed by atoms with Gasteiger partial charge < -0.3 is 26.2 Å². The molecule has 0 aliphatic rings. The summed E-state index contributed by atoms with van der Waals surface area (Å²) in [7, 11) is 0. The molecular formula is C13H17N3O5. The van der Waals surface area contributed by atoms with Gasteiger partial charge in [0.1, 0.15) is 11.8 Å². The quantitative estimate of drug-likeness (QED) is 0.583. The zero-order valence-corrected chi connectivity index (χ0v) is 11.5. The Balaban J connectivity index is 2.72. The molecule has 3 amide bonds. The van der Waals surface area contributed by atoms with Crippen LogP contribution in [0.2, 0.25) is 0 Å². The molecule has 1 unspecified atom stereocenters. The number of carboxylic acids is 1. The number of carboxylic acid groups (broad SMARTS) is 1. The predicted octanol–water partition coefficient (Wildman–Crippen LogP) is 0.535. The summed E-state index contributed by atoms with van der Waals surface area (Å²) in [6.45, 7) is 2.21. The molecule has 0 bridgehead atoms. The smallest absolute Gasteiger partial charge is 0.326 e. The van der Waals surface area contributed by atoms with Crippen molar-refractivity contribution in [1.82, 2.24) is 5.32 Å². The monoisotopic (exact) mass is 295 g/mol. The molecule has 0 saturated carbocycles. The molecule has 5 N–H and O–H groups in total. The lowest BCUT2D eigenvalue weighted by atomic mass is 10.2. The molecule has 1 aromatic carbocycles. The van der Waals surface area contributed by atoms with E-state index >= 15 is 0 Å². The summed E-state index contributed by atoms with van der Waals surface area (Å²) >= 11 is 0. The fourth-order valence-corrected chi connectivity index (χ4v) is 1.57. The van der Waals surface area contributed by atoms with Crippen LogP contribution in [0.3, 0.4) is 0 Å². The first-order chi connectivity index (χ1) is 9.93. The van der Waals surface area contributed by atoms with Gasteiger partial charge in [0.25, 0.3) is 0 Å². The van der Waals surface area contributed by atoms with E-state index in [1.807, 2.05) is 0 Å². The van der Waals surface area contributed by atoms with Crippen molar-refractivity contribution in [2.24, 2.45) is 5.73 Å². The highest BCUT2D eigenvalue weighted by atomic mass is 16.5. The third kappa shape index (κ3) is 5.39. The number of carbonyl (C=O) groups excluding carboxylic acids is 2. The first-order valence-corrected chi connectivity index (χ1v) is 6.24. The SMILES string of the molecule is CCOc1ccccc1NC(=O)NC(CC(N)=O)C(=O)O. The van der Waals surface area contributed by atoms with Crippen molar-refractivity contribution in [2.75, 3.05) is 11.9 Å². The van der Waals surface area contributed by atoms with Gasteiger partial charge in [0.2, 0.25) is 5.91 Å². The normalized spacial score (nSPS) is 11.3. The number of hydrogen-bond acceptors (Lipinski definition) is 4. The van der Waals surface area contributed by atoms with Crippen molar-refractivity contribution in [3.8, 4) is 5.75 Å². The van der Waals surface area contributed by atoms with E-state index in [4.69, 9.17) is 15.6 Å². The van der Waals surface area contributed by atoms with Gasteiger partial charge in [0, 0.05) is 0 Å². The van der Waals surface area contributed by atoms with Crippen molar-refractivity contribution in [3.63, 3.8) is 0 Å². The van der Waals surface area contributed by atoms with Gasteiger partial charge in [0.15, 0.2) is 0 Å². The summed E-state index contributed by atoms with van der Waals surface area (Å²) in [6, 6.07) is 4.54. The van der Waals surface area contributed by atoms with E-state index in [1.165, 1.54) is 0 Å². The Kier molecular flexibility index (Phi) is 5.99. The summed E-state index contributed by atoms with van der Waals surface area (Å²) < 4.78 is 5.32. The Morgan fingerprint density at radius 3 is 2.57 bits per heavy atom. The van der Waals surface area contributed by atoms with Crippen LogP contribution >= 0.6 is 0 Å². The number of anilines is 1. The molecular weight excluding hydrogens is 278 g/mol. The number of urea groups is 1. The lowest BCUT2D eigenvalue weighted by Gasteiger charge is -2.15. The molecule has 0 radical (unpaired) electrons. The van der Waals surface area contributed by atoms with Gasteiger partial charge in [-0.3, -0.25) is 4.79 Å². The maximum absolute atomic E-state index is 11.8. The van der Waals surface area contributed by atoms with E-state index < -0.39 is 30.4 Å². The summed E-state index contributed by atoms with van der Waals surface area (Å²) in [5, 5.41) is 13.5. The van der Waals surface area contributed by atoms with E-state index in [9.17, 15) is 14.4 Å². The number of nitrogens with two attached hydrogens (primary N) is 1. The van der Waals surface area contributed by atoms with Crippen LogP contribution in [0.1, 0.15) is 13.3 Å². The summed E-state index contributed by atoms with van der Waals surface area (Å²) in [4.78, 5) is 33.4. The van der Waals surface area contributed by atoms with Crippen molar-refractivity contribution in [1.29, 1.82) is 0 Å². The minimum atomic E-state index is -1.39. The standard InChI is InChI=1S/C13H17N3O5/c1-2-21-10-6-4-3-5-8(10)15-13(20)16-9(12(18)19)7-11(14)17/h3-6,9H,2,7H2,1H3,(H2,14,17)(H,18,19)(H2,15,16,20). The fraction of sp³-hybridized carbons (Fsp3) is 0.308. The highest BCUT2D eigenvalue weighted by Crippen LogP contribution is 2.23. The Morgan fingerprint density at radius 2 is 2.00 bits per heavy atom. The second kappa shape index (κ2) is 7.73. The third-order valence-electron chi connectivity index (χ3n) is 2.44. The second-order valence-corrected chi connectivity index (χ2v) is 4.09. The van der Waals surface area contributed by atoms with Gasteiger partial charge in [0.05, 0.1) is 18.7 Å². The number of benzene rings is 1. The average Bonchev–Trinajstić information content (AvgIpc) is 2.40.